The smallest absolute Gasteiger partial charge is 0.338 e. The Morgan fingerprint density at radius 2 is 0.940 bits per heavy atom. The van der Waals surface area contributed by atoms with E-state index in [2.05, 4.69) is 160 Å². The average Bonchev–Trinajstić information content (AvgIpc) is 3.41. The monoisotopic (exact) mass is 1140 g/mol. The van der Waals surface area contributed by atoms with Gasteiger partial charge in [-0.15, -0.1) is 11.8 Å². The maximum Gasteiger partial charge on any atom is 0.338 e. The molecule has 6 atom stereocenters. The van der Waals surface area contributed by atoms with Crippen LogP contribution in [0.3, 0.4) is 0 Å². The second-order valence-electron chi connectivity index (χ2n) is 22.9. The zero-order chi connectivity index (χ0) is 60.2. The summed E-state index contributed by atoms with van der Waals surface area (Å²) in [6, 6.07) is 33.8. The molecular weight excluding hydrogens is 1060 g/mol. The van der Waals surface area contributed by atoms with Gasteiger partial charge in [0.05, 0.1) is 22.3 Å². The first-order valence-corrected chi connectivity index (χ1v) is 29.7. The van der Waals surface area contributed by atoms with E-state index in [1.165, 1.54) is 28.5 Å². The number of hydrogen-bond donors (Lipinski definition) is 0. The summed E-state index contributed by atoms with van der Waals surface area (Å²) >= 11 is 1.43. The lowest BCUT2D eigenvalue weighted by molar-refractivity contribution is -0.207. The molecule has 0 N–H and O–H groups in total. The van der Waals surface area contributed by atoms with Gasteiger partial charge < -0.3 is 23.7 Å². The minimum Gasteiger partial charge on any atom is -0.459 e. The molecule has 0 spiro atoms. The SMILES string of the molecule is CC1=C(/C=C/C(C)=C/C=C/C(C)=C/C=C/C=C(C)/C=C/C=C(C)/C=C/C2=C(C)C(S[C@@H]3O[C@H](COC(=O)c4ccccc4)[C@@H](OC(=O)c4ccccc4)[C@H](OC(=O)c4ccccc4)[C@H]3OC(=O)c3ccccc3)CCC2(C)C)C(C)(C)CC=C1. The minimum absolute atomic E-state index is 0.144. The van der Waals surface area contributed by atoms with Crippen molar-refractivity contribution in [1.82, 2.24) is 0 Å². The van der Waals surface area contributed by atoms with Crippen molar-refractivity contribution in [2.75, 3.05) is 6.61 Å². The van der Waals surface area contributed by atoms with Crippen molar-refractivity contribution in [3.8, 4) is 0 Å². The van der Waals surface area contributed by atoms with Gasteiger partial charge in [0, 0.05) is 5.25 Å². The van der Waals surface area contributed by atoms with Crippen molar-refractivity contribution in [2.45, 2.75) is 124 Å². The molecule has 2 aliphatic carbocycles. The average molecular weight is 1150 g/mol. The summed E-state index contributed by atoms with van der Waals surface area (Å²) in [5, 5.41) is -0.172. The van der Waals surface area contributed by atoms with Crippen LogP contribution in [0.25, 0.3) is 0 Å². The number of allylic oxidation sites excluding steroid dienone is 23. The number of carbonyl (C=O) groups excluding carboxylic acids is 4. The van der Waals surface area contributed by atoms with Crippen LogP contribution in [0.2, 0.25) is 0 Å². The van der Waals surface area contributed by atoms with E-state index in [0.29, 0.717) is 5.56 Å². The lowest BCUT2D eigenvalue weighted by Gasteiger charge is -2.46. The summed E-state index contributed by atoms with van der Waals surface area (Å²) in [5.74, 6) is -2.82. The Labute approximate surface area is 502 Å². The van der Waals surface area contributed by atoms with E-state index < -0.39 is 60.3 Å². The van der Waals surface area contributed by atoms with Gasteiger partial charge in [0.1, 0.15) is 18.1 Å². The van der Waals surface area contributed by atoms with Gasteiger partial charge in [-0.3, -0.25) is 0 Å². The summed E-state index contributed by atoms with van der Waals surface area (Å²) in [7, 11) is 0. The lowest BCUT2D eigenvalue weighted by atomic mass is 9.72. The number of thioether (sulfide) groups is 1. The molecule has 1 aliphatic heterocycles. The molecule has 1 unspecified atom stereocenters. The van der Waals surface area contributed by atoms with Crippen LogP contribution in [0.15, 0.2) is 263 Å². The molecule has 0 amide bonds. The predicted octanol–water partition coefficient (Wildman–Crippen LogP) is 17.4. The summed E-state index contributed by atoms with van der Waals surface area (Å²) in [4.78, 5) is 56.2. The molecular formula is C74H80O9S. The van der Waals surface area contributed by atoms with Crippen molar-refractivity contribution in [3.63, 3.8) is 0 Å². The molecule has 1 saturated heterocycles. The van der Waals surface area contributed by atoms with Crippen molar-refractivity contribution in [2.24, 2.45) is 10.8 Å². The number of ether oxygens (including phenoxy) is 5. The highest BCUT2D eigenvalue weighted by Gasteiger charge is 2.54. The first-order chi connectivity index (χ1) is 40.3. The van der Waals surface area contributed by atoms with Crippen LogP contribution in [0.1, 0.15) is 130 Å². The molecule has 9 nitrogen and oxygen atoms in total. The standard InChI is InChI=1S/C74H80O9S/c1-51(30-25-32-53(3)43-45-61-55(5)34-27-48-73(61,7)8)28-23-24-29-52(2)31-26-33-54(4)44-46-62-56(6)64(47-49-74(62,9)10)84-72-67(83-71(78)60-41-21-14-22-42-60)66(82-70(77)59-39-19-13-20-40-59)65(81-69(76)58-37-17-12-18-38-58)63(80-72)50-79-68(75)57-35-15-11-16-36-57/h11-46,63-67,72H,47-50H2,1-10H3/b24-23+,30-25+,31-26+,45-43+,46-44+,51-28+,52-29+,53-32+,54-33+/t63-,64?,65-,66+,67-,72+/m1/s1. The van der Waals surface area contributed by atoms with Crippen molar-refractivity contribution >= 4 is 35.6 Å². The Morgan fingerprint density at radius 1 is 0.524 bits per heavy atom. The fourth-order valence-corrected chi connectivity index (χ4v) is 11.7. The molecule has 1 heterocycles. The molecule has 4 aromatic carbocycles. The molecule has 436 valence electrons. The molecule has 1 fully saturated rings. The van der Waals surface area contributed by atoms with Gasteiger partial charge in [0.15, 0.2) is 18.3 Å². The number of benzene rings is 4. The molecule has 7 rings (SSSR count). The Balaban J connectivity index is 1.12. The van der Waals surface area contributed by atoms with Gasteiger partial charge in [0.2, 0.25) is 0 Å². The fourth-order valence-electron chi connectivity index (χ4n) is 10.3. The largest absolute Gasteiger partial charge is 0.459 e. The highest BCUT2D eigenvalue weighted by atomic mass is 32.2. The number of esters is 4. The van der Waals surface area contributed by atoms with Crippen molar-refractivity contribution < 1.29 is 42.9 Å². The topological polar surface area (TPSA) is 114 Å². The van der Waals surface area contributed by atoms with Gasteiger partial charge in [-0.25, -0.2) is 19.2 Å². The predicted molar refractivity (Wildman–Crippen MR) is 340 cm³/mol. The van der Waals surface area contributed by atoms with Gasteiger partial charge in [-0.1, -0.05) is 226 Å². The maximum atomic E-state index is 14.3. The van der Waals surface area contributed by atoms with E-state index in [1.54, 1.807) is 121 Å². The summed E-state index contributed by atoms with van der Waals surface area (Å²) in [6.45, 7) is 21.3. The second-order valence-corrected chi connectivity index (χ2v) is 24.2. The molecule has 84 heavy (non-hydrogen) atoms. The van der Waals surface area contributed by atoms with Gasteiger partial charge in [-0.05, 0) is 137 Å². The molecule has 0 bridgehead atoms. The molecule has 4 aromatic rings. The van der Waals surface area contributed by atoms with E-state index in [9.17, 15) is 19.2 Å². The van der Waals surface area contributed by atoms with Gasteiger partial charge in [-0.2, -0.15) is 0 Å². The van der Waals surface area contributed by atoms with Crippen LogP contribution in [0, 0.1) is 10.8 Å². The first kappa shape index (κ1) is 63.5. The van der Waals surface area contributed by atoms with E-state index in [0.717, 1.165) is 47.1 Å². The van der Waals surface area contributed by atoms with Crippen LogP contribution >= 0.6 is 11.8 Å². The minimum atomic E-state index is -1.44. The van der Waals surface area contributed by atoms with Crippen LogP contribution in [-0.4, -0.2) is 65.6 Å². The molecule has 3 aliphatic rings. The van der Waals surface area contributed by atoms with Crippen LogP contribution in [0.4, 0.5) is 0 Å². The zero-order valence-electron chi connectivity index (χ0n) is 50.2. The summed E-state index contributed by atoms with van der Waals surface area (Å²) < 4.78 is 32.0. The Kier molecular flexibility index (Phi) is 23.1. The highest BCUT2D eigenvalue weighted by molar-refractivity contribution is 8.00. The molecule has 0 radical (unpaired) electrons. The summed E-state index contributed by atoms with van der Waals surface area (Å²) in [5.41, 5.74) is 9.41. The van der Waals surface area contributed by atoms with Crippen molar-refractivity contribution in [3.05, 3.63) is 285 Å². The van der Waals surface area contributed by atoms with Crippen LogP contribution in [0.5, 0.6) is 0 Å². The third kappa shape index (κ3) is 18.2. The van der Waals surface area contributed by atoms with E-state index in [1.807, 2.05) is 6.08 Å². The lowest BCUT2D eigenvalue weighted by Crippen LogP contribution is -2.62. The third-order valence-electron chi connectivity index (χ3n) is 15.1. The molecule has 10 heteroatoms. The summed E-state index contributed by atoms with van der Waals surface area (Å²) in [6.07, 6.45) is 31.4. The normalized spacial score (nSPS) is 22.4. The fraction of sp³-hybridized carbons (Fsp3) is 0.297. The Morgan fingerprint density at radius 3 is 1.42 bits per heavy atom. The van der Waals surface area contributed by atoms with Gasteiger partial charge >= 0.3 is 23.9 Å². The van der Waals surface area contributed by atoms with Crippen LogP contribution < -0.4 is 0 Å². The zero-order valence-corrected chi connectivity index (χ0v) is 51.0. The highest BCUT2D eigenvalue weighted by Crippen LogP contribution is 2.48. The van der Waals surface area contributed by atoms with E-state index in [4.69, 9.17) is 23.7 Å². The maximum absolute atomic E-state index is 14.3. The quantitative estimate of drug-likeness (QED) is 0.0454. The second kappa shape index (κ2) is 30.5. The number of rotatable bonds is 21. The van der Waals surface area contributed by atoms with E-state index >= 15 is 0 Å². The molecule has 0 saturated carbocycles. The molecule has 0 aromatic heterocycles. The number of carbonyl (C=O) groups is 4. The third-order valence-corrected chi connectivity index (χ3v) is 16.7. The Hall–Kier alpha value is -8.05. The Bertz CT molecular complexity index is 3330. The number of hydrogen-bond acceptors (Lipinski definition) is 10. The van der Waals surface area contributed by atoms with Crippen LogP contribution in [-0.2, 0) is 23.7 Å². The first-order valence-electron chi connectivity index (χ1n) is 28.8. The van der Waals surface area contributed by atoms with E-state index in [-0.39, 0.29) is 32.8 Å². The van der Waals surface area contributed by atoms with Gasteiger partial charge in [0.25, 0.3) is 0 Å². The van der Waals surface area contributed by atoms with Crippen molar-refractivity contribution in [1.29, 1.82) is 0 Å².